The first-order chi connectivity index (χ1) is 33.5. The predicted octanol–water partition coefficient (Wildman–Crippen LogP) is 9.55. The van der Waals surface area contributed by atoms with E-state index in [4.69, 9.17) is 18.9 Å². The van der Waals surface area contributed by atoms with Crippen LogP contribution in [0.25, 0.3) is 0 Å². The van der Waals surface area contributed by atoms with Crippen LogP contribution in [-0.4, -0.2) is 102 Å². The second kappa shape index (κ2) is 23.4. The van der Waals surface area contributed by atoms with Crippen LogP contribution >= 0.6 is 0 Å². The zero-order valence-electron chi connectivity index (χ0n) is 45.9. The Bertz CT molecular complexity index is 2050. The lowest BCUT2D eigenvalue weighted by Gasteiger charge is -2.60. The molecule has 1 heterocycles. The van der Waals surface area contributed by atoms with Gasteiger partial charge in [0, 0.05) is 12.8 Å². The van der Waals surface area contributed by atoms with Crippen molar-refractivity contribution in [3.8, 4) is 0 Å². The van der Waals surface area contributed by atoms with Gasteiger partial charge in [0.05, 0.1) is 33.9 Å². The van der Waals surface area contributed by atoms with E-state index in [0.29, 0.717) is 56.0 Å². The van der Waals surface area contributed by atoms with E-state index in [2.05, 4.69) is 23.3 Å². The number of carbonyl (C=O) groups is 6. The van der Waals surface area contributed by atoms with Gasteiger partial charge in [-0.25, -0.2) is 18.0 Å². The molecule has 8 saturated carbocycles. The third-order valence-electron chi connectivity index (χ3n) is 17.6. The highest BCUT2D eigenvalue weighted by Gasteiger charge is 2.61. The number of hydrogen-bond acceptors (Lipinski definition) is 16. The first-order valence-electron chi connectivity index (χ1n) is 26.7. The van der Waals surface area contributed by atoms with Crippen LogP contribution in [0.3, 0.4) is 0 Å². The molecule has 0 aromatic carbocycles. The van der Waals surface area contributed by atoms with E-state index in [1.807, 2.05) is 41.5 Å². The van der Waals surface area contributed by atoms with Gasteiger partial charge < -0.3 is 38.1 Å². The van der Waals surface area contributed by atoms with Crippen molar-refractivity contribution >= 4 is 45.9 Å². The Kier molecular flexibility index (Phi) is 19.9. The van der Waals surface area contributed by atoms with Gasteiger partial charge in [-0.3, -0.25) is 19.2 Å². The summed E-state index contributed by atoms with van der Waals surface area (Å²) in [7, 11) is -6.15. The molecular formula is C54H87F2O16S-. The van der Waals surface area contributed by atoms with Crippen LogP contribution in [0.15, 0.2) is 0 Å². The summed E-state index contributed by atoms with van der Waals surface area (Å²) in [4.78, 5) is 69.8. The SMILES string of the molecule is CCC(C)(C)C(=O)OC1(CC)C2CC3CC(C2)CC1C3.CCC(C)(C)C(=O)OC12CC3CC(CC(O)(C3)C1)C2.CCC(C)(C)C(=O)OC1CCOC1=O.CCC(C)(C)C(=O)OCCOC(=O)C(F)(F)S(=O)(=O)[O-]. The second-order valence-corrected chi connectivity index (χ2v) is 26.2. The quantitative estimate of drug-likeness (QED) is 0.0618. The van der Waals surface area contributed by atoms with Crippen LogP contribution in [0.1, 0.15) is 199 Å². The number of ether oxygens (including phenoxy) is 6. The van der Waals surface area contributed by atoms with Crippen LogP contribution in [0.2, 0.25) is 0 Å². The van der Waals surface area contributed by atoms with Crippen molar-refractivity contribution in [3.05, 3.63) is 0 Å². The lowest BCUT2D eigenvalue weighted by molar-refractivity contribution is -0.225. The molecule has 73 heavy (non-hydrogen) atoms. The van der Waals surface area contributed by atoms with Crippen LogP contribution in [0.5, 0.6) is 0 Å². The predicted molar refractivity (Wildman–Crippen MR) is 263 cm³/mol. The molecule has 3 unspecified atom stereocenters. The number of alkyl halides is 2. The van der Waals surface area contributed by atoms with Crippen molar-refractivity contribution in [1.29, 1.82) is 0 Å². The topological polar surface area (TPSA) is 235 Å². The normalized spacial score (nSPS) is 31.0. The maximum atomic E-state index is 12.7. The zero-order chi connectivity index (χ0) is 55.4. The average molecular weight is 1060 g/mol. The van der Waals surface area contributed by atoms with Crippen molar-refractivity contribution in [2.75, 3.05) is 19.8 Å². The molecule has 19 heteroatoms. The fraction of sp³-hybridized carbons (Fsp3) is 0.889. The number of halogens is 2. The van der Waals surface area contributed by atoms with Gasteiger partial charge in [-0.05, 0) is 187 Å². The summed E-state index contributed by atoms with van der Waals surface area (Å²) in [5.41, 5.74) is -3.10. The number of cyclic esters (lactones) is 1. The largest absolute Gasteiger partial charge is 0.743 e. The van der Waals surface area contributed by atoms with Crippen molar-refractivity contribution in [1.82, 2.24) is 0 Å². The summed E-state index contributed by atoms with van der Waals surface area (Å²) in [6.45, 7) is 23.8. The van der Waals surface area contributed by atoms with Crippen LogP contribution in [-0.2, 0) is 67.3 Å². The molecule has 8 bridgehead atoms. The highest BCUT2D eigenvalue weighted by molar-refractivity contribution is 7.87. The van der Waals surface area contributed by atoms with E-state index in [1.54, 1.807) is 34.6 Å². The maximum absolute atomic E-state index is 12.7. The molecule has 1 N–H and O–H groups in total. The summed E-state index contributed by atoms with van der Waals surface area (Å²) in [5, 5.41) is 5.48. The minimum Gasteiger partial charge on any atom is -0.743 e. The first-order valence-corrected chi connectivity index (χ1v) is 28.2. The molecule has 1 aliphatic heterocycles. The zero-order valence-corrected chi connectivity index (χ0v) is 46.7. The van der Waals surface area contributed by atoms with E-state index in [0.717, 1.165) is 56.8 Å². The number of hydrogen-bond donors (Lipinski definition) is 1. The van der Waals surface area contributed by atoms with Crippen LogP contribution in [0, 0.1) is 57.2 Å². The van der Waals surface area contributed by atoms with E-state index < -0.39 is 74.4 Å². The Balaban J connectivity index is 0.000000213. The Morgan fingerprint density at radius 1 is 0.630 bits per heavy atom. The average Bonchev–Trinajstić information content (AvgIpc) is 3.70. The molecule has 9 fully saturated rings. The summed E-state index contributed by atoms with van der Waals surface area (Å²) < 4.78 is 86.2. The highest BCUT2D eigenvalue weighted by Crippen LogP contribution is 2.61. The molecule has 9 aliphatic rings. The Hall–Kier alpha value is -3.45. The fourth-order valence-electron chi connectivity index (χ4n) is 11.8. The molecule has 8 aliphatic carbocycles. The molecule has 0 spiro atoms. The molecule has 0 radical (unpaired) electrons. The monoisotopic (exact) mass is 1060 g/mol. The van der Waals surface area contributed by atoms with E-state index in [9.17, 15) is 55.6 Å². The van der Waals surface area contributed by atoms with E-state index in [1.165, 1.54) is 38.5 Å². The van der Waals surface area contributed by atoms with Gasteiger partial charge in [0.25, 0.3) is 0 Å². The number of rotatable bonds is 17. The van der Waals surface area contributed by atoms with Gasteiger partial charge in [-0.1, -0.05) is 34.6 Å². The van der Waals surface area contributed by atoms with Crippen molar-refractivity contribution in [2.45, 2.75) is 227 Å². The fourth-order valence-corrected chi connectivity index (χ4v) is 12.1. The summed E-state index contributed by atoms with van der Waals surface area (Å²) in [6.07, 6.45) is 15.9. The van der Waals surface area contributed by atoms with E-state index in [-0.39, 0.29) is 34.5 Å². The standard InChI is InChI=1S/C18H30O2.C16H26O3.C10H16F2O7S.C10H16O4/c1-5-17(3,4)16(19)20-18(6-2)14-8-12-7-13(10-14)11-15(18)9-12;1-4-14(2,3)13(17)19-16-8-11-5-12(9-16)7-15(18,6-11)10-16;1-4-9(2,3)7(13)18-5-6-19-8(14)10(11,12)20(15,16)17;1-4-10(2,3)9(12)14-7-5-6-13-8(7)11/h12-15H,5-11H2,1-4H3;11-12,18H,4-10H2,1-3H3;4-6H2,1-3H3,(H,15,16,17);7H,4-6H2,1-3H3/p-1. The Morgan fingerprint density at radius 3 is 1.44 bits per heavy atom. The summed E-state index contributed by atoms with van der Waals surface area (Å²) in [5.74, 6) is 0.319. The smallest absolute Gasteiger partial charge is 0.428 e. The second-order valence-electron chi connectivity index (χ2n) is 24.8. The molecule has 0 aromatic heterocycles. The number of esters is 6. The maximum Gasteiger partial charge on any atom is 0.428 e. The summed E-state index contributed by atoms with van der Waals surface area (Å²) >= 11 is 0. The van der Waals surface area contributed by atoms with Gasteiger partial charge in [0.2, 0.25) is 6.10 Å². The van der Waals surface area contributed by atoms with Gasteiger partial charge in [0.15, 0.2) is 10.1 Å². The minimum atomic E-state index is -6.15. The molecule has 3 atom stereocenters. The lowest BCUT2D eigenvalue weighted by atomic mass is 9.49. The lowest BCUT2D eigenvalue weighted by Crippen LogP contribution is -2.61. The van der Waals surface area contributed by atoms with Crippen LogP contribution < -0.4 is 0 Å². The van der Waals surface area contributed by atoms with Gasteiger partial charge >= 0.3 is 41.1 Å². The number of carbonyl (C=O) groups excluding carboxylic acids is 6. The molecule has 420 valence electrons. The number of aliphatic hydroxyl groups is 1. The highest BCUT2D eigenvalue weighted by atomic mass is 32.2. The van der Waals surface area contributed by atoms with Gasteiger partial charge in [0.1, 0.15) is 24.4 Å². The molecular weight excluding hydrogens is 975 g/mol. The Morgan fingerprint density at radius 2 is 1.04 bits per heavy atom. The third kappa shape index (κ3) is 14.7. The first kappa shape index (κ1) is 62.1. The van der Waals surface area contributed by atoms with E-state index >= 15 is 0 Å². The third-order valence-corrected chi connectivity index (χ3v) is 18.4. The van der Waals surface area contributed by atoms with Gasteiger partial charge in [-0.2, -0.15) is 8.78 Å². The molecule has 0 aromatic rings. The summed E-state index contributed by atoms with van der Waals surface area (Å²) in [6, 6.07) is 0. The van der Waals surface area contributed by atoms with Crippen molar-refractivity contribution in [3.63, 3.8) is 0 Å². The molecule has 16 nitrogen and oxygen atoms in total. The minimum absolute atomic E-state index is 0.0364. The molecule has 0 amide bonds. The molecule has 1 saturated heterocycles. The van der Waals surface area contributed by atoms with Gasteiger partial charge in [-0.15, -0.1) is 0 Å². The van der Waals surface area contributed by atoms with Crippen LogP contribution in [0.4, 0.5) is 8.78 Å². The Labute approximate surface area is 432 Å². The van der Waals surface area contributed by atoms with Crippen molar-refractivity contribution in [2.24, 2.45) is 57.2 Å². The molecule has 9 rings (SSSR count). The van der Waals surface area contributed by atoms with Crippen molar-refractivity contribution < 1.29 is 84.0 Å².